The lowest BCUT2D eigenvalue weighted by molar-refractivity contribution is -0.140. The van der Waals surface area contributed by atoms with E-state index in [2.05, 4.69) is 5.32 Å². The molecule has 0 saturated carbocycles. The van der Waals surface area contributed by atoms with E-state index in [9.17, 15) is 18.0 Å². The second kappa shape index (κ2) is 11.9. The number of hydrogen-bond donors (Lipinski definition) is 1. The van der Waals surface area contributed by atoms with Crippen LogP contribution >= 0.6 is 34.8 Å². The molecule has 2 amide bonds. The third-order valence-electron chi connectivity index (χ3n) is 5.14. The molecule has 2 aromatic rings. The standard InChI is InChI=1S/C24H30Cl3N3O5S/c1-15(23(32)28-24(2,3)4)29(13-17-18(26)8-7-9-19(17)27)22(31)14-30(36(6,33)34)20-12-16(25)10-11-21(20)35-5/h7-12,15H,13-14H2,1-6H3,(H,28,32). The monoisotopic (exact) mass is 577 g/mol. The van der Waals surface area contributed by atoms with Crippen LogP contribution in [-0.4, -0.2) is 56.6 Å². The van der Waals surface area contributed by atoms with Crippen LogP contribution < -0.4 is 14.4 Å². The van der Waals surface area contributed by atoms with E-state index in [-0.39, 0.29) is 23.0 Å². The Bertz CT molecular complexity index is 1210. The molecule has 2 aromatic carbocycles. The summed E-state index contributed by atoms with van der Waals surface area (Å²) >= 11 is 18.8. The van der Waals surface area contributed by atoms with E-state index >= 15 is 0 Å². The van der Waals surface area contributed by atoms with Gasteiger partial charge < -0.3 is 15.0 Å². The molecule has 0 saturated heterocycles. The fraction of sp³-hybridized carbons (Fsp3) is 0.417. The quantitative estimate of drug-likeness (QED) is 0.463. The van der Waals surface area contributed by atoms with Gasteiger partial charge in [0.2, 0.25) is 21.8 Å². The molecule has 8 nitrogen and oxygen atoms in total. The Hall–Kier alpha value is -2.20. The number of sulfonamides is 1. The number of methoxy groups -OCH3 is 1. The molecule has 0 aliphatic heterocycles. The summed E-state index contributed by atoms with van der Waals surface area (Å²) < 4.78 is 31.7. The summed E-state index contributed by atoms with van der Waals surface area (Å²) in [7, 11) is -2.59. The summed E-state index contributed by atoms with van der Waals surface area (Å²) in [4.78, 5) is 27.9. The highest BCUT2D eigenvalue weighted by Crippen LogP contribution is 2.33. The summed E-state index contributed by atoms with van der Waals surface area (Å²) in [6.45, 7) is 6.24. The second-order valence-corrected chi connectivity index (χ2v) is 12.4. The van der Waals surface area contributed by atoms with Crippen LogP contribution in [0.4, 0.5) is 5.69 Å². The number of benzene rings is 2. The minimum atomic E-state index is -3.97. The molecule has 12 heteroatoms. The van der Waals surface area contributed by atoms with Gasteiger partial charge in [0.05, 0.1) is 19.1 Å². The van der Waals surface area contributed by atoms with Crippen LogP contribution in [-0.2, 0) is 26.2 Å². The van der Waals surface area contributed by atoms with Crippen molar-refractivity contribution in [2.45, 2.75) is 45.8 Å². The zero-order valence-corrected chi connectivity index (χ0v) is 24.0. The lowest BCUT2D eigenvalue weighted by Gasteiger charge is -2.33. The van der Waals surface area contributed by atoms with E-state index < -0.39 is 40.0 Å². The lowest BCUT2D eigenvalue weighted by atomic mass is 10.1. The van der Waals surface area contributed by atoms with Crippen LogP contribution in [0.25, 0.3) is 0 Å². The first-order valence-corrected chi connectivity index (χ1v) is 13.9. The number of carbonyl (C=O) groups excluding carboxylic acids is 2. The van der Waals surface area contributed by atoms with E-state index in [0.717, 1.165) is 10.6 Å². The number of anilines is 1. The fourth-order valence-electron chi connectivity index (χ4n) is 3.36. The molecule has 0 aromatic heterocycles. The third-order valence-corrected chi connectivity index (χ3v) is 7.21. The van der Waals surface area contributed by atoms with Crippen LogP contribution in [0.2, 0.25) is 15.1 Å². The normalized spacial score (nSPS) is 12.6. The van der Waals surface area contributed by atoms with Crippen molar-refractivity contribution in [2.24, 2.45) is 0 Å². The summed E-state index contributed by atoms with van der Waals surface area (Å²) in [6.07, 6.45) is 0.964. The topological polar surface area (TPSA) is 96.0 Å². The maximum absolute atomic E-state index is 13.7. The average Bonchev–Trinajstić information content (AvgIpc) is 2.74. The van der Waals surface area contributed by atoms with E-state index in [1.165, 1.54) is 30.2 Å². The molecule has 0 spiro atoms. The van der Waals surface area contributed by atoms with E-state index in [1.807, 2.05) is 20.8 Å². The van der Waals surface area contributed by atoms with E-state index in [1.54, 1.807) is 25.1 Å². The number of halogens is 3. The van der Waals surface area contributed by atoms with Gasteiger partial charge in [-0.15, -0.1) is 0 Å². The van der Waals surface area contributed by atoms with Gasteiger partial charge in [0, 0.05) is 32.7 Å². The van der Waals surface area contributed by atoms with Crippen LogP contribution in [0.5, 0.6) is 5.75 Å². The molecular formula is C24H30Cl3N3O5S. The zero-order chi connectivity index (χ0) is 27.4. The largest absolute Gasteiger partial charge is 0.495 e. The summed E-state index contributed by atoms with van der Waals surface area (Å²) in [5.41, 5.74) is -0.0473. The van der Waals surface area contributed by atoms with Crippen molar-refractivity contribution >= 4 is 62.3 Å². The third kappa shape index (κ3) is 7.90. The minimum absolute atomic E-state index is 0.0865. The van der Waals surface area contributed by atoms with Crippen molar-refractivity contribution < 1.29 is 22.7 Å². The van der Waals surface area contributed by atoms with Gasteiger partial charge >= 0.3 is 0 Å². The van der Waals surface area contributed by atoms with Gasteiger partial charge in [-0.1, -0.05) is 40.9 Å². The van der Waals surface area contributed by atoms with Crippen molar-refractivity contribution in [1.29, 1.82) is 0 Å². The van der Waals surface area contributed by atoms with Crippen molar-refractivity contribution in [3.8, 4) is 5.75 Å². The molecule has 0 bridgehead atoms. The summed E-state index contributed by atoms with van der Waals surface area (Å²) in [6, 6.07) is 8.34. The first-order valence-electron chi connectivity index (χ1n) is 10.9. The molecular weight excluding hydrogens is 549 g/mol. The highest BCUT2D eigenvalue weighted by molar-refractivity contribution is 7.92. The first kappa shape index (κ1) is 30.0. The van der Waals surface area contributed by atoms with Crippen molar-refractivity contribution in [3.05, 3.63) is 57.0 Å². The minimum Gasteiger partial charge on any atom is -0.495 e. The maximum atomic E-state index is 13.7. The smallest absolute Gasteiger partial charge is 0.244 e. The fourth-order valence-corrected chi connectivity index (χ4v) is 4.89. The van der Waals surface area contributed by atoms with Crippen molar-refractivity contribution in [2.75, 3.05) is 24.2 Å². The Kier molecular flexibility index (Phi) is 9.92. The number of rotatable bonds is 9. The average molecular weight is 579 g/mol. The van der Waals surface area contributed by atoms with Crippen molar-refractivity contribution in [1.82, 2.24) is 10.2 Å². The predicted molar refractivity (Wildman–Crippen MR) is 145 cm³/mol. The van der Waals surface area contributed by atoms with Gasteiger partial charge in [-0.05, 0) is 58.0 Å². The highest BCUT2D eigenvalue weighted by atomic mass is 35.5. The van der Waals surface area contributed by atoms with Crippen LogP contribution in [0.1, 0.15) is 33.3 Å². The summed E-state index contributed by atoms with van der Waals surface area (Å²) in [5, 5.41) is 3.71. The van der Waals surface area contributed by atoms with E-state index in [0.29, 0.717) is 15.6 Å². The highest BCUT2D eigenvalue weighted by Gasteiger charge is 2.33. The maximum Gasteiger partial charge on any atom is 0.244 e. The Morgan fingerprint density at radius 3 is 2.17 bits per heavy atom. The van der Waals surface area contributed by atoms with Gasteiger partial charge in [-0.2, -0.15) is 0 Å². The van der Waals surface area contributed by atoms with E-state index in [4.69, 9.17) is 39.5 Å². The first-order chi connectivity index (χ1) is 16.5. The Balaban J connectivity index is 2.54. The van der Waals surface area contributed by atoms with Gasteiger partial charge in [-0.25, -0.2) is 8.42 Å². The molecule has 0 radical (unpaired) electrons. The molecule has 198 valence electrons. The molecule has 1 atom stereocenters. The molecule has 0 aliphatic carbocycles. The molecule has 2 rings (SSSR count). The van der Waals surface area contributed by atoms with Gasteiger partial charge in [0.1, 0.15) is 18.3 Å². The Morgan fingerprint density at radius 2 is 1.67 bits per heavy atom. The van der Waals surface area contributed by atoms with Crippen LogP contribution in [0.3, 0.4) is 0 Å². The Labute approximate surface area is 227 Å². The second-order valence-electron chi connectivity index (χ2n) is 9.22. The number of carbonyl (C=O) groups is 2. The predicted octanol–water partition coefficient (Wildman–Crippen LogP) is 4.75. The zero-order valence-electron chi connectivity index (χ0n) is 20.9. The number of nitrogens with one attached hydrogen (secondary N) is 1. The van der Waals surface area contributed by atoms with Crippen LogP contribution in [0, 0.1) is 0 Å². The number of amides is 2. The summed E-state index contributed by atoms with van der Waals surface area (Å²) in [5.74, 6) is -0.878. The molecule has 1 N–H and O–H groups in total. The number of nitrogens with zero attached hydrogens (tertiary/aromatic N) is 2. The molecule has 36 heavy (non-hydrogen) atoms. The lowest BCUT2D eigenvalue weighted by Crippen LogP contribution is -2.54. The molecule has 0 aliphatic rings. The molecule has 0 fully saturated rings. The van der Waals surface area contributed by atoms with Crippen LogP contribution in [0.15, 0.2) is 36.4 Å². The van der Waals surface area contributed by atoms with Crippen molar-refractivity contribution in [3.63, 3.8) is 0 Å². The van der Waals surface area contributed by atoms with Gasteiger partial charge in [0.25, 0.3) is 0 Å². The molecule has 0 heterocycles. The van der Waals surface area contributed by atoms with Gasteiger partial charge in [0.15, 0.2) is 0 Å². The Morgan fingerprint density at radius 1 is 1.08 bits per heavy atom. The SMILES string of the molecule is COc1ccc(Cl)cc1N(CC(=O)N(Cc1c(Cl)cccc1Cl)C(C)C(=O)NC(C)(C)C)S(C)(=O)=O. The van der Waals surface area contributed by atoms with Gasteiger partial charge in [-0.3, -0.25) is 13.9 Å². The molecule has 1 unspecified atom stereocenters. The number of ether oxygens (including phenoxy) is 1. The number of hydrogen-bond acceptors (Lipinski definition) is 5.